The van der Waals surface area contributed by atoms with Crippen LogP contribution in [0.2, 0.25) is 0 Å². The summed E-state index contributed by atoms with van der Waals surface area (Å²) in [5.74, 6) is 0.576. The molecule has 1 unspecified atom stereocenters. The van der Waals surface area contributed by atoms with Crippen LogP contribution in [-0.2, 0) is 27.6 Å². The van der Waals surface area contributed by atoms with Crippen molar-refractivity contribution in [1.82, 2.24) is 4.98 Å². The highest BCUT2D eigenvalue weighted by atomic mass is 32.2. The third-order valence-electron chi connectivity index (χ3n) is 5.45. The number of sulfonamides is 1. The van der Waals surface area contributed by atoms with Gasteiger partial charge in [-0.15, -0.1) is 0 Å². The highest BCUT2D eigenvalue weighted by Gasteiger charge is 2.26. The minimum Gasteiger partial charge on any atom is -0.490 e. The molecular formula is C23H24N2O5S. The Morgan fingerprint density at radius 2 is 1.87 bits per heavy atom. The van der Waals surface area contributed by atoms with Crippen LogP contribution in [0.25, 0.3) is 10.9 Å². The van der Waals surface area contributed by atoms with Crippen molar-refractivity contribution >= 4 is 26.9 Å². The van der Waals surface area contributed by atoms with E-state index < -0.39 is 10.0 Å². The Bertz CT molecular complexity index is 1220. The summed E-state index contributed by atoms with van der Waals surface area (Å²) in [6, 6.07) is 13.4. The SMILES string of the molecule is CC1CCc2nc3ccccc3c(C(=O)OCCOc3ccc(S(N)(=O)=O)cc3)c2C1. The van der Waals surface area contributed by atoms with Crippen molar-refractivity contribution in [1.29, 1.82) is 0 Å². The number of carbonyl (C=O) groups excluding carboxylic acids is 1. The first-order valence-corrected chi connectivity index (χ1v) is 11.7. The molecule has 0 bridgehead atoms. The number of hydrogen-bond donors (Lipinski definition) is 1. The monoisotopic (exact) mass is 440 g/mol. The molecule has 1 heterocycles. The number of nitrogens with zero attached hydrogens (tertiary/aromatic N) is 1. The summed E-state index contributed by atoms with van der Waals surface area (Å²) in [6.07, 6.45) is 2.73. The molecule has 0 radical (unpaired) electrons. The lowest BCUT2D eigenvalue weighted by Gasteiger charge is -2.24. The average Bonchev–Trinajstić information content (AvgIpc) is 2.74. The molecule has 1 aromatic heterocycles. The average molecular weight is 441 g/mol. The lowest BCUT2D eigenvalue weighted by molar-refractivity contribution is 0.0450. The second kappa shape index (κ2) is 8.64. The number of carbonyl (C=O) groups is 1. The van der Waals surface area contributed by atoms with E-state index in [1.165, 1.54) is 24.3 Å². The summed E-state index contributed by atoms with van der Waals surface area (Å²) in [5, 5.41) is 5.89. The van der Waals surface area contributed by atoms with Crippen LogP contribution in [-0.4, -0.2) is 32.6 Å². The maximum absolute atomic E-state index is 13.0. The topological polar surface area (TPSA) is 109 Å². The molecule has 162 valence electrons. The van der Waals surface area contributed by atoms with Gasteiger partial charge in [-0.2, -0.15) is 0 Å². The third kappa shape index (κ3) is 4.70. The quantitative estimate of drug-likeness (QED) is 0.466. The number of nitrogens with two attached hydrogens (primary N) is 1. The molecule has 0 saturated heterocycles. The van der Waals surface area contributed by atoms with Gasteiger partial charge in [-0.05, 0) is 61.1 Å². The fourth-order valence-electron chi connectivity index (χ4n) is 3.89. The van der Waals surface area contributed by atoms with Crippen LogP contribution < -0.4 is 9.88 Å². The number of primary sulfonamides is 1. The van der Waals surface area contributed by atoms with Gasteiger partial charge in [-0.1, -0.05) is 25.1 Å². The summed E-state index contributed by atoms with van der Waals surface area (Å²) >= 11 is 0. The predicted octanol–water partition coefficient (Wildman–Crippen LogP) is 3.24. The van der Waals surface area contributed by atoms with E-state index in [9.17, 15) is 13.2 Å². The lowest BCUT2D eigenvalue weighted by atomic mass is 9.84. The number of benzene rings is 2. The number of rotatable bonds is 6. The smallest absolute Gasteiger partial charge is 0.339 e. The van der Waals surface area contributed by atoms with E-state index in [1.807, 2.05) is 24.3 Å². The molecule has 2 N–H and O–H groups in total. The molecule has 8 heteroatoms. The number of esters is 1. The number of fused-ring (bicyclic) bond motifs is 2. The lowest BCUT2D eigenvalue weighted by Crippen LogP contribution is -2.20. The predicted molar refractivity (Wildman–Crippen MR) is 117 cm³/mol. The zero-order valence-corrected chi connectivity index (χ0v) is 18.0. The van der Waals surface area contributed by atoms with Gasteiger partial charge in [0.1, 0.15) is 19.0 Å². The molecule has 4 rings (SSSR count). The molecule has 31 heavy (non-hydrogen) atoms. The number of pyridine rings is 1. The van der Waals surface area contributed by atoms with Gasteiger partial charge >= 0.3 is 5.97 Å². The number of aryl methyl sites for hydroxylation is 1. The van der Waals surface area contributed by atoms with Gasteiger partial charge in [0.25, 0.3) is 0 Å². The Morgan fingerprint density at radius 1 is 1.13 bits per heavy atom. The van der Waals surface area contributed by atoms with E-state index >= 15 is 0 Å². The number of para-hydroxylation sites is 1. The molecule has 7 nitrogen and oxygen atoms in total. The Labute approximate surface area is 181 Å². The van der Waals surface area contributed by atoms with E-state index in [-0.39, 0.29) is 24.1 Å². The summed E-state index contributed by atoms with van der Waals surface area (Å²) < 4.78 is 33.7. The van der Waals surface area contributed by atoms with Crippen LogP contribution in [0.15, 0.2) is 53.4 Å². The standard InChI is InChI=1S/C23H24N2O5S/c1-15-6-11-21-19(14-15)22(18-4-2-3-5-20(18)25-21)23(26)30-13-12-29-16-7-9-17(10-8-16)31(24,27)28/h2-5,7-10,15H,6,11-14H2,1H3,(H2,24,27,28). The Morgan fingerprint density at radius 3 is 2.61 bits per heavy atom. The van der Waals surface area contributed by atoms with Crippen LogP contribution in [0.4, 0.5) is 0 Å². The minimum atomic E-state index is -3.75. The molecular weight excluding hydrogens is 416 g/mol. The first-order valence-electron chi connectivity index (χ1n) is 10.2. The van der Waals surface area contributed by atoms with Gasteiger partial charge in [0.05, 0.1) is 16.0 Å². The van der Waals surface area contributed by atoms with Crippen LogP contribution >= 0.6 is 0 Å². The van der Waals surface area contributed by atoms with Crippen LogP contribution in [0.3, 0.4) is 0 Å². The van der Waals surface area contributed by atoms with Crippen molar-refractivity contribution < 1.29 is 22.7 Å². The normalized spacial score (nSPS) is 16.0. The van der Waals surface area contributed by atoms with E-state index in [0.29, 0.717) is 17.2 Å². The summed E-state index contributed by atoms with van der Waals surface area (Å²) in [6.45, 7) is 2.39. The van der Waals surface area contributed by atoms with Crippen LogP contribution in [0.1, 0.15) is 35.0 Å². The molecule has 1 aliphatic rings. The number of hydrogen-bond acceptors (Lipinski definition) is 6. The molecule has 0 fully saturated rings. The number of aromatic nitrogens is 1. The summed E-state index contributed by atoms with van der Waals surface area (Å²) in [5.41, 5.74) is 3.37. The van der Waals surface area contributed by atoms with Gasteiger partial charge in [0.2, 0.25) is 10.0 Å². The van der Waals surface area contributed by atoms with Gasteiger partial charge in [-0.3, -0.25) is 4.98 Å². The fraction of sp³-hybridized carbons (Fsp3) is 0.304. The van der Waals surface area contributed by atoms with E-state index in [2.05, 4.69) is 6.92 Å². The maximum atomic E-state index is 13.0. The van der Waals surface area contributed by atoms with Crippen molar-refractivity contribution in [3.8, 4) is 5.75 Å². The van der Waals surface area contributed by atoms with Gasteiger partial charge in [0.15, 0.2) is 0 Å². The van der Waals surface area contributed by atoms with Gasteiger partial charge in [0, 0.05) is 11.1 Å². The molecule has 1 atom stereocenters. The van der Waals surface area contributed by atoms with E-state index in [0.717, 1.165) is 41.4 Å². The molecule has 0 spiro atoms. The van der Waals surface area contributed by atoms with Gasteiger partial charge < -0.3 is 9.47 Å². The van der Waals surface area contributed by atoms with Crippen molar-refractivity contribution in [2.75, 3.05) is 13.2 Å². The molecule has 3 aromatic rings. The fourth-order valence-corrected chi connectivity index (χ4v) is 4.40. The zero-order chi connectivity index (χ0) is 22.0. The summed E-state index contributed by atoms with van der Waals surface area (Å²) in [4.78, 5) is 17.8. The van der Waals surface area contributed by atoms with Crippen LogP contribution in [0.5, 0.6) is 5.75 Å². The third-order valence-corrected chi connectivity index (χ3v) is 6.38. The molecule has 0 amide bonds. The van der Waals surface area contributed by atoms with Crippen LogP contribution in [0, 0.1) is 5.92 Å². The van der Waals surface area contributed by atoms with Crippen molar-refractivity contribution in [2.45, 2.75) is 31.1 Å². The zero-order valence-electron chi connectivity index (χ0n) is 17.2. The van der Waals surface area contributed by atoms with Crippen molar-refractivity contribution in [3.05, 3.63) is 65.4 Å². The van der Waals surface area contributed by atoms with E-state index in [4.69, 9.17) is 19.6 Å². The Kier molecular flexibility index (Phi) is 5.93. The summed E-state index contributed by atoms with van der Waals surface area (Å²) in [7, 11) is -3.75. The van der Waals surface area contributed by atoms with Crippen molar-refractivity contribution in [3.63, 3.8) is 0 Å². The molecule has 0 aliphatic heterocycles. The second-order valence-electron chi connectivity index (χ2n) is 7.78. The Hall–Kier alpha value is -2.97. The second-order valence-corrected chi connectivity index (χ2v) is 9.34. The largest absolute Gasteiger partial charge is 0.490 e. The minimum absolute atomic E-state index is 0.00912. The first-order chi connectivity index (χ1) is 14.8. The van der Waals surface area contributed by atoms with Gasteiger partial charge in [-0.25, -0.2) is 18.4 Å². The van der Waals surface area contributed by atoms with E-state index in [1.54, 1.807) is 0 Å². The molecule has 1 aliphatic carbocycles. The maximum Gasteiger partial charge on any atom is 0.339 e. The first kappa shape index (κ1) is 21.3. The highest BCUT2D eigenvalue weighted by Crippen LogP contribution is 2.32. The molecule has 0 saturated carbocycles. The molecule has 2 aromatic carbocycles. The Balaban J connectivity index is 1.46. The highest BCUT2D eigenvalue weighted by molar-refractivity contribution is 7.89. The number of ether oxygens (including phenoxy) is 2. The van der Waals surface area contributed by atoms with Crippen molar-refractivity contribution in [2.24, 2.45) is 11.1 Å².